The summed E-state index contributed by atoms with van der Waals surface area (Å²) in [5.41, 5.74) is 2.23. The highest BCUT2D eigenvalue weighted by Gasteiger charge is 2.19. The van der Waals surface area contributed by atoms with Crippen molar-refractivity contribution in [1.29, 1.82) is 0 Å². The molecule has 1 aromatic heterocycles. The summed E-state index contributed by atoms with van der Waals surface area (Å²) < 4.78 is 5.82. The molecule has 1 heterocycles. The second kappa shape index (κ2) is 6.92. The van der Waals surface area contributed by atoms with Crippen LogP contribution >= 0.6 is 0 Å². The molecule has 1 unspecified atom stereocenters. The van der Waals surface area contributed by atoms with E-state index >= 15 is 0 Å². The zero-order chi connectivity index (χ0) is 18.8. The van der Waals surface area contributed by atoms with Gasteiger partial charge in [-0.15, -0.1) is 0 Å². The third kappa shape index (κ3) is 3.13. The molecule has 3 aromatic rings. The van der Waals surface area contributed by atoms with Gasteiger partial charge in [0.15, 0.2) is 5.76 Å². The van der Waals surface area contributed by atoms with Gasteiger partial charge < -0.3 is 4.42 Å². The number of non-ortho nitro benzene ring substituents is 1. The molecule has 6 heteroatoms. The fourth-order valence-corrected chi connectivity index (χ4v) is 2.85. The molecule has 0 N–H and O–H groups in total. The monoisotopic (exact) mass is 351 g/mol. The van der Waals surface area contributed by atoms with Crippen LogP contribution in [-0.4, -0.2) is 17.0 Å². The summed E-state index contributed by atoms with van der Waals surface area (Å²) in [5, 5.41) is 11.4. The van der Waals surface area contributed by atoms with Gasteiger partial charge in [-0.05, 0) is 48.2 Å². The Morgan fingerprint density at radius 3 is 2.50 bits per heavy atom. The number of carbonyl (C=O) groups is 2. The maximum atomic E-state index is 12.7. The fourth-order valence-electron chi connectivity index (χ4n) is 2.85. The van der Waals surface area contributed by atoms with Gasteiger partial charge in [-0.25, -0.2) is 0 Å². The molecule has 0 saturated carbocycles. The molecule has 2 aromatic carbocycles. The zero-order valence-electron chi connectivity index (χ0n) is 14.4. The van der Waals surface area contributed by atoms with Crippen molar-refractivity contribution in [1.82, 2.24) is 0 Å². The summed E-state index contributed by atoms with van der Waals surface area (Å²) in [4.78, 5) is 34.1. The highest BCUT2D eigenvalue weighted by Crippen LogP contribution is 2.32. The largest absolute Gasteiger partial charge is 0.452 e. The lowest BCUT2D eigenvalue weighted by Gasteiger charge is -2.10. The Balaban J connectivity index is 2.06. The fraction of sp³-hybridized carbons (Fsp3) is 0.200. The van der Waals surface area contributed by atoms with Gasteiger partial charge in [-0.3, -0.25) is 19.7 Å². The van der Waals surface area contributed by atoms with Crippen LogP contribution in [-0.2, 0) is 0 Å². The number of carbonyl (C=O) groups excluding carboxylic acids is 2. The lowest BCUT2D eigenvalue weighted by molar-refractivity contribution is -0.384. The second-order valence-electron chi connectivity index (χ2n) is 6.20. The number of fused-ring (bicyclic) bond motifs is 1. The van der Waals surface area contributed by atoms with Crippen LogP contribution in [0.2, 0.25) is 0 Å². The molecule has 132 valence electrons. The lowest BCUT2D eigenvalue weighted by atomic mass is 9.95. The first-order valence-electron chi connectivity index (χ1n) is 8.26. The van der Waals surface area contributed by atoms with Crippen molar-refractivity contribution < 1.29 is 18.9 Å². The van der Waals surface area contributed by atoms with Crippen molar-refractivity contribution in [2.45, 2.75) is 26.2 Å². The Morgan fingerprint density at radius 1 is 1.23 bits per heavy atom. The van der Waals surface area contributed by atoms with E-state index in [4.69, 9.17) is 4.42 Å². The van der Waals surface area contributed by atoms with Gasteiger partial charge in [0.05, 0.1) is 4.92 Å². The van der Waals surface area contributed by atoms with E-state index in [-0.39, 0.29) is 23.1 Å². The average molecular weight is 351 g/mol. The first kappa shape index (κ1) is 17.5. The van der Waals surface area contributed by atoms with E-state index in [0.29, 0.717) is 22.1 Å². The number of hydrogen-bond donors (Lipinski definition) is 0. The van der Waals surface area contributed by atoms with Crippen molar-refractivity contribution in [2.24, 2.45) is 0 Å². The van der Waals surface area contributed by atoms with Crippen LogP contribution in [0.15, 0.2) is 46.9 Å². The predicted octanol–water partition coefficient (Wildman–Crippen LogP) is 4.90. The van der Waals surface area contributed by atoms with E-state index in [0.717, 1.165) is 18.3 Å². The molecule has 6 nitrogen and oxygen atoms in total. The highest BCUT2D eigenvalue weighted by molar-refractivity contribution is 6.09. The predicted molar refractivity (Wildman–Crippen MR) is 96.8 cm³/mol. The zero-order valence-corrected chi connectivity index (χ0v) is 14.4. The van der Waals surface area contributed by atoms with Crippen LogP contribution in [0.3, 0.4) is 0 Å². The maximum Gasteiger partial charge on any atom is 0.269 e. The molecule has 0 radical (unpaired) electrons. The Labute approximate surface area is 149 Å². The van der Waals surface area contributed by atoms with Gasteiger partial charge in [-0.1, -0.05) is 13.8 Å². The summed E-state index contributed by atoms with van der Waals surface area (Å²) >= 11 is 0. The van der Waals surface area contributed by atoms with Gasteiger partial charge >= 0.3 is 0 Å². The Bertz CT molecular complexity index is 1000. The van der Waals surface area contributed by atoms with E-state index in [1.54, 1.807) is 18.2 Å². The van der Waals surface area contributed by atoms with E-state index in [2.05, 4.69) is 0 Å². The first-order valence-corrected chi connectivity index (χ1v) is 8.26. The highest BCUT2D eigenvalue weighted by atomic mass is 16.6. The normalized spacial score (nSPS) is 12.1. The van der Waals surface area contributed by atoms with Crippen LogP contribution in [0.4, 0.5) is 5.69 Å². The Hall–Kier alpha value is -3.28. The number of aldehydes is 1. The molecular weight excluding hydrogens is 334 g/mol. The van der Waals surface area contributed by atoms with Gasteiger partial charge in [0, 0.05) is 28.6 Å². The molecular formula is C20H17NO5. The van der Waals surface area contributed by atoms with E-state index in [1.807, 2.05) is 13.8 Å². The standard InChI is InChI=1S/C20H17NO5/c1-3-12(2)17-9-13(11-22)8-15-10-18(26-20(15)17)19(23)14-4-6-16(7-5-14)21(24)25/h4-12H,3H2,1-2H3. The van der Waals surface area contributed by atoms with Gasteiger partial charge in [0.1, 0.15) is 11.9 Å². The topological polar surface area (TPSA) is 90.4 Å². The third-order valence-corrected chi connectivity index (χ3v) is 4.51. The van der Waals surface area contributed by atoms with E-state index in [9.17, 15) is 19.7 Å². The minimum atomic E-state index is -0.519. The molecule has 0 aliphatic rings. The number of nitrogens with zero attached hydrogens (tertiary/aromatic N) is 1. The molecule has 0 bridgehead atoms. The number of rotatable bonds is 6. The number of nitro groups is 1. The summed E-state index contributed by atoms with van der Waals surface area (Å²) in [6, 6.07) is 10.4. The van der Waals surface area contributed by atoms with E-state index < -0.39 is 4.92 Å². The first-order chi connectivity index (χ1) is 12.4. The SMILES string of the molecule is CCC(C)c1cc(C=O)cc2cc(C(=O)c3ccc([N+](=O)[O-])cc3)oc12. The van der Waals surface area contributed by atoms with E-state index in [1.165, 1.54) is 24.3 Å². The Morgan fingerprint density at radius 2 is 1.92 bits per heavy atom. The van der Waals surface area contributed by atoms with Crippen molar-refractivity contribution in [3.8, 4) is 0 Å². The van der Waals surface area contributed by atoms with Gasteiger partial charge in [0.2, 0.25) is 5.78 Å². The summed E-state index contributed by atoms with van der Waals surface area (Å²) in [6.07, 6.45) is 1.64. The smallest absolute Gasteiger partial charge is 0.269 e. The maximum absolute atomic E-state index is 12.7. The molecule has 0 saturated heterocycles. The Kier molecular flexibility index (Phi) is 4.67. The number of furan rings is 1. The average Bonchev–Trinajstić information content (AvgIpc) is 3.09. The van der Waals surface area contributed by atoms with Crippen LogP contribution < -0.4 is 0 Å². The lowest BCUT2D eigenvalue weighted by Crippen LogP contribution is -1.99. The number of benzene rings is 2. The molecule has 0 spiro atoms. The van der Waals surface area contributed by atoms with Crippen LogP contribution in [0.5, 0.6) is 0 Å². The summed E-state index contributed by atoms with van der Waals surface area (Å²) in [7, 11) is 0. The van der Waals surface area contributed by atoms with Crippen molar-refractivity contribution in [3.63, 3.8) is 0 Å². The summed E-state index contributed by atoms with van der Waals surface area (Å²) in [6.45, 7) is 4.07. The van der Waals surface area contributed by atoms with Gasteiger partial charge in [-0.2, -0.15) is 0 Å². The number of ketones is 1. The van der Waals surface area contributed by atoms with Gasteiger partial charge in [0.25, 0.3) is 5.69 Å². The van der Waals surface area contributed by atoms with Crippen LogP contribution in [0, 0.1) is 10.1 Å². The molecule has 3 rings (SSSR count). The van der Waals surface area contributed by atoms with Crippen molar-refractivity contribution >= 4 is 28.7 Å². The molecule has 0 aliphatic heterocycles. The molecule has 1 atom stereocenters. The van der Waals surface area contributed by atoms with Crippen molar-refractivity contribution in [3.05, 3.63) is 75.0 Å². The quantitative estimate of drug-likeness (QED) is 0.273. The summed E-state index contributed by atoms with van der Waals surface area (Å²) in [5.74, 6) is -0.0498. The number of hydrogen-bond acceptors (Lipinski definition) is 5. The number of nitro benzene ring substituents is 1. The molecule has 26 heavy (non-hydrogen) atoms. The molecule has 0 aliphatic carbocycles. The van der Waals surface area contributed by atoms with Crippen molar-refractivity contribution in [2.75, 3.05) is 0 Å². The second-order valence-corrected chi connectivity index (χ2v) is 6.20. The molecule has 0 fully saturated rings. The molecule has 0 amide bonds. The minimum absolute atomic E-state index is 0.0826. The minimum Gasteiger partial charge on any atom is -0.452 e. The van der Waals surface area contributed by atoms with Crippen LogP contribution in [0.25, 0.3) is 11.0 Å². The van der Waals surface area contributed by atoms with Crippen LogP contribution in [0.1, 0.15) is 58.2 Å². The third-order valence-electron chi connectivity index (χ3n) is 4.51.